The van der Waals surface area contributed by atoms with E-state index in [4.69, 9.17) is 0 Å². The van der Waals surface area contributed by atoms with Gasteiger partial charge in [0.05, 0.1) is 11.7 Å². The summed E-state index contributed by atoms with van der Waals surface area (Å²) in [7, 11) is 0. The normalized spacial score (nSPS) is 11.8. The predicted molar refractivity (Wildman–Crippen MR) is 81.9 cm³/mol. The van der Waals surface area contributed by atoms with Crippen LogP contribution in [0.4, 0.5) is 4.39 Å². The minimum absolute atomic E-state index is 0.0192. The van der Waals surface area contributed by atoms with E-state index in [9.17, 15) is 4.39 Å². The first-order valence-corrected chi connectivity index (χ1v) is 7.34. The maximum atomic E-state index is 13.6. The number of hydrogen-bond donors (Lipinski definition) is 1. The first-order valence-electron chi connectivity index (χ1n) is 6.55. The molecule has 0 saturated carbocycles. The Morgan fingerprint density at radius 3 is 2.70 bits per heavy atom. The molecule has 0 aliphatic heterocycles. The lowest BCUT2D eigenvalue weighted by Crippen LogP contribution is -2.22. The van der Waals surface area contributed by atoms with Crippen LogP contribution < -0.4 is 5.32 Å². The SMILES string of the molecule is CC(C)(C)n1cc(CNCc2cc(Br)ccc2F)cn1. The van der Waals surface area contributed by atoms with E-state index in [1.54, 1.807) is 12.1 Å². The summed E-state index contributed by atoms with van der Waals surface area (Å²) in [6.07, 6.45) is 3.86. The quantitative estimate of drug-likeness (QED) is 0.917. The van der Waals surface area contributed by atoms with Crippen LogP contribution >= 0.6 is 15.9 Å². The molecule has 5 heteroatoms. The van der Waals surface area contributed by atoms with Crippen LogP contribution in [-0.4, -0.2) is 9.78 Å². The van der Waals surface area contributed by atoms with Crippen molar-refractivity contribution < 1.29 is 4.39 Å². The van der Waals surface area contributed by atoms with Crippen molar-refractivity contribution in [2.45, 2.75) is 39.4 Å². The second-order valence-electron chi connectivity index (χ2n) is 5.80. The molecule has 0 aliphatic carbocycles. The molecule has 0 fully saturated rings. The van der Waals surface area contributed by atoms with Gasteiger partial charge in [-0.05, 0) is 39.0 Å². The van der Waals surface area contributed by atoms with E-state index in [2.05, 4.69) is 47.1 Å². The van der Waals surface area contributed by atoms with Crippen LogP contribution in [0.15, 0.2) is 35.1 Å². The zero-order valence-electron chi connectivity index (χ0n) is 12.0. The van der Waals surface area contributed by atoms with Gasteiger partial charge >= 0.3 is 0 Å². The smallest absolute Gasteiger partial charge is 0.127 e. The van der Waals surface area contributed by atoms with Gasteiger partial charge in [-0.2, -0.15) is 5.10 Å². The predicted octanol–water partition coefficient (Wildman–Crippen LogP) is 3.83. The number of benzene rings is 1. The second-order valence-corrected chi connectivity index (χ2v) is 6.72. The zero-order chi connectivity index (χ0) is 14.8. The Morgan fingerprint density at radius 2 is 2.05 bits per heavy atom. The van der Waals surface area contributed by atoms with Crippen LogP contribution in [0.5, 0.6) is 0 Å². The van der Waals surface area contributed by atoms with Crippen molar-refractivity contribution in [3.63, 3.8) is 0 Å². The van der Waals surface area contributed by atoms with Crippen molar-refractivity contribution in [3.8, 4) is 0 Å². The number of halogens is 2. The van der Waals surface area contributed by atoms with Crippen molar-refractivity contribution in [2.75, 3.05) is 0 Å². The largest absolute Gasteiger partial charge is 0.308 e. The Balaban J connectivity index is 1.93. The van der Waals surface area contributed by atoms with E-state index in [1.807, 2.05) is 17.1 Å². The van der Waals surface area contributed by atoms with E-state index >= 15 is 0 Å². The van der Waals surface area contributed by atoms with Crippen LogP contribution in [0.1, 0.15) is 31.9 Å². The first kappa shape index (κ1) is 15.2. The summed E-state index contributed by atoms with van der Waals surface area (Å²) in [6, 6.07) is 4.96. The molecule has 108 valence electrons. The average molecular weight is 340 g/mol. The summed E-state index contributed by atoms with van der Waals surface area (Å²) >= 11 is 3.35. The molecule has 1 N–H and O–H groups in total. The molecule has 0 radical (unpaired) electrons. The average Bonchev–Trinajstić information content (AvgIpc) is 2.82. The second kappa shape index (κ2) is 6.06. The molecule has 0 amide bonds. The maximum absolute atomic E-state index is 13.6. The summed E-state index contributed by atoms with van der Waals surface area (Å²) in [5, 5.41) is 7.58. The van der Waals surface area contributed by atoms with Crippen LogP contribution in [-0.2, 0) is 18.6 Å². The summed E-state index contributed by atoms with van der Waals surface area (Å²) in [6.45, 7) is 7.48. The molecule has 0 aliphatic rings. The third kappa shape index (κ3) is 3.90. The van der Waals surface area contributed by atoms with E-state index < -0.39 is 0 Å². The van der Waals surface area contributed by atoms with E-state index in [0.717, 1.165) is 10.0 Å². The summed E-state index contributed by atoms with van der Waals surface area (Å²) in [4.78, 5) is 0. The van der Waals surface area contributed by atoms with Crippen LogP contribution in [0.2, 0.25) is 0 Å². The first-order chi connectivity index (χ1) is 9.36. The molecular weight excluding hydrogens is 321 g/mol. The molecule has 2 rings (SSSR count). The Bertz CT molecular complexity index is 587. The van der Waals surface area contributed by atoms with Crippen LogP contribution in [0.3, 0.4) is 0 Å². The molecular formula is C15H19BrFN3. The van der Waals surface area contributed by atoms with Gasteiger partial charge in [0.15, 0.2) is 0 Å². The van der Waals surface area contributed by atoms with Crippen molar-refractivity contribution in [3.05, 3.63) is 52.0 Å². The van der Waals surface area contributed by atoms with Gasteiger partial charge in [-0.3, -0.25) is 4.68 Å². The molecule has 1 heterocycles. The van der Waals surface area contributed by atoms with Gasteiger partial charge in [-0.25, -0.2) is 4.39 Å². The van der Waals surface area contributed by atoms with Gasteiger partial charge in [0.1, 0.15) is 5.82 Å². The number of nitrogens with zero attached hydrogens (tertiary/aromatic N) is 2. The van der Waals surface area contributed by atoms with Gasteiger partial charge in [0.25, 0.3) is 0 Å². The fourth-order valence-electron chi connectivity index (χ4n) is 1.84. The van der Waals surface area contributed by atoms with E-state index in [-0.39, 0.29) is 11.4 Å². The molecule has 2 aromatic rings. The monoisotopic (exact) mass is 339 g/mol. The zero-order valence-corrected chi connectivity index (χ0v) is 13.5. The number of hydrogen-bond acceptors (Lipinski definition) is 2. The highest BCUT2D eigenvalue weighted by Gasteiger charge is 2.13. The Hall–Kier alpha value is -1.20. The maximum Gasteiger partial charge on any atom is 0.127 e. The minimum Gasteiger partial charge on any atom is -0.308 e. The lowest BCUT2D eigenvalue weighted by Gasteiger charge is -2.18. The lowest BCUT2D eigenvalue weighted by molar-refractivity contribution is 0.355. The summed E-state index contributed by atoms with van der Waals surface area (Å²) in [5.74, 6) is -0.189. The third-order valence-electron chi connectivity index (χ3n) is 2.98. The fourth-order valence-corrected chi connectivity index (χ4v) is 2.25. The van der Waals surface area contributed by atoms with Crippen LogP contribution in [0.25, 0.3) is 0 Å². The molecule has 0 spiro atoms. The summed E-state index contributed by atoms with van der Waals surface area (Å²) in [5.41, 5.74) is 1.73. The highest BCUT2D eigenvalue weighted by Crippen LogP contribution is 2.16. The van der Waals surface area contributed by atoms with E-state index in [0.29, 0.717) is 18.7 Å². The van der Waals surface area contributed by atoms with E-state index in [1.165, 1.54) is 6.07 Å². The highest BCUT2D eigenvalue weighted by molar-refractivity contribution is 9.10. The van der Waals surface area contributed by atoms with Crippen molar-refractivity contribution in [1.29, 1.82) is 0 Å². The molecule has 1 aromatic heterocycles. The van der Waals surface area contributed by atoms with Gasteiger partial charge in [0.2, 0.25) is 0 Å². The number of rotatable bonds is 4. The molecule has 0 atom stereocenters. The number of nitrogens with one attached hydrogen (secondary N) is 1. The Morgan fingerprint density at radius 1 is 1.30 bits per heavy atom. The van der Waals surface area contributed by atoms with Crippen molar-refractivity contribution in [1.82, 2.24) is 15.1 Å². The van der Waals surface area contributed by atoms with Gasteiger partial charge in [-0.1, -0.05) is 15.9 Å². The summed E-state index contributed by atoms with van der Waals surface area (Å²) < 4.78 is 16.4. The lowest BCUT2D eigenvalue weighted by atomic mass is 10.1. The van der Waals surface area contributed by atoms with Gasteiger partial charge in [-0.15, -0.1) is 0 Å². The van der Waals surface area contributed by atoms with Crippen molar-refractivity contribution in [2.24, 2.45) is 0 Å². The molecule has 0 unspecified atom stereocenters. The van der Waals surface area contributed by atoms with Crippen molar-refractivity contribution >= 4 is 15.9 Å². The number of aromatic nitrogens is 2. The molecule has 1 aromatic carbocycles. The highest BCUT2D eigenvalue weighted by atomic mass is 79.9. The molecule has 0 bridgehead atoms. The van der Waals surface area contributed by atoms with Gasteiger partial charge in [0, 0.05) is 34.9 Å². The Kier molecular flexibility index (Phi) is 4.60. The third-order valence-corrected chi connectivity index (χ3v) is 3.47. The molecule has 3 nitrogen and oxygen atoms in total. The topological polar surface area (TPSA) is 29.9 Å². The minimum atomic E-state index is -0.189. The molecule has 0 saturated heterocycles. The van der Waals surface area contributed by atoms with Crippen LogP contribution in [0, 0.1) is 5.82 Å². The molecule has 20 heavy (non-hydrogen) atoms. The standard InChI is InChI=1S/C15H19BrFN3/c1-15(2,3)20-10-11(8-19-20)7-18-9-12-6-13(16)4-5-14(12)17/h4-6,8,10,18H,7,9H2,1-3H3. The Labute approximate surface area is 127 Å². The fraction of sp³-hybridized carbons (Fsp3) is 0.400. The van der Waals surface area contributed by atoms with Gasteiger partial charge < -0.3 is 5.32 Å².